The molecule has 0 aromatic heterocycles. The van der Waals surface area contributed by atoms with Gasteiger partial charge in [-0.2, -0.15) is 0 Å². The van der Waals surface area contributed by atoms with Crippen LogP contribution < -0.4 is 21.4 Å². The standard InChI is InChI=1S/C19H31N5O3/c1-4-11-21-19(26)22-17-14-15(8-10-18(25)23-27)7-9-16(17)20-12-13-24(5-2)6-3/h7-10,14,20,27H,4-6,11-13H2,1-3H3,(H,23,25)(H2,21,22,26)/b10-8+. The molecule has 5 N–H and O–H groups in total. The van der Waals surface area contributed by atoms with E-state index in [0.29, 0.717) is 12.2 Å². The van der Waals surface area contributed by atoms with Gasteiger partial charge in [-0.05, 0) is 43.3 Å². The summed E-state index contributed by atoms with van der Waals surface area (Å²) in [6, 6.07) is 5.18. The van der Waals surface area contributed by atoms with Gasteiger partial charge in [0.05, 0.1) is 11.4 Å². The summed E-state index contributed by atoms with van der Waals surface area (Å²) < 4.78 is 0. The van der Waals surface area contributed by atoms with E-state index in [-0.39, 0.29) is 6.03 Å². The lowest BCUT2D eigenvalue weighted by Crippen LogP contribution is -2.30. The Kier molecular flexibility index (Phi) is 10.6. The molecule has 27 heavy (non-hydrogen) atoms. The molecule has 1 aromatic carbocycles. The number of benzene rings is 1. The van der Waals surface area contributed by atoms with Crippen LogP contribution in [0.2, 0.25) is 0 Å². The number of hydrogen-bond acceptors (Lipinski definition) is 5. The quantitative estimate of drug-likeness (QED) is 0.231. The van der Waals surface area contributed by atoms with Gasteiger partial charge in [-0.15, -0.1) is 0 Å². The molecular formula is C19H31N5O3. The molecule has 0 saturated carbocycles. The van der Waals surface area contributed by atoms with E-state index in [1.165, 1.54) is 6.08 Å². The van der Waals surface area contributed by atoms with Gasteiger partial charge in [0, 0.05) is 25.7 Å². The van der Waals surface area contributed by atoms with Gasteiger partial charge in [-0.25, -0.2) is 10.3 Å². The van der Waals surface area contributed by atoms with Crippen LogP contribution in [0.25, 0.3) is 6.08 Å². The molecule has 150 valence electrons. The molecule has 0 aliphatic carbocycles. The zero-order valence-electron chi connectivity index (χ0n) is 16.3. The SMILES string of the molecule is CCCNC(=O)Nc1cc(/C=C/C(=O)NO)ccc1NCCN(CC)CC. The molecule has 0 atom stereocenters. The molecule has 0 fully saturated rings. The summed E-state index contributed by atoms with van der Waals surface area (Å²) >= 11 is 0. The van der Waals surface area contributed by atoms with Gasteiger partial charge in [0.2, 0.25) is 0 Å². The maximum absolute atomic E-state index is 12.0. The normalized spacial score (nSPS) is 10.9. The number of hydroxylamine groups is 1. The fourth-order valence-corrected chi connectivity index (χ4v) is 2.43. The van der Waals surface area contributed by atoms with E-state index in [9.17, 15) is 9.59 Å². The van der Waals surface area contributed by atoms with Crippen LogP contribution in [0.15, 0.2) is 24.3 Å². The molecule has 3 amide bonds. The molecule has 0 unspecified atom stereocenters. The Morgan fingerprint density at radius 1 is 1.11 bits per heavy atom. The number of amides is 3. The van der Waals surface area contributed by atoms with E-state index >= 15 is 0 Å². The smallest absolute Gasteiger partial charge is 0.319 e. The molecule has 0 spiro atoms. The summed E-state index contributed by atoms with van der Waals surface area (Å²) in [5.41, 5.74) is 3.69. The Bertz CT molecular complexity index is 630. The highest BCUT2D eigenvalue weighted by Crippen LogP contribution is 2.24. The number of hydrogen-bond donors (Lipinski definition) is 5. The molecule has 0 radical (unpaired) electrons. The van der Waals surface area contributed by atoms with E-state index in [2.05, 4.69) is 34.7 Å². The highest BCUT2D eigenvalue weighted by Gasteiger charge is 2.08. The minimum absolute atomic E-state index is 0.280. The first-order chi connectivity index (χ1) is 13.0. The van der Waals surface area contributed by atoms with Gasteiger partial charge < -0.3 is 20.9 Å². The molecule has 1 aromatic rings. The number of nitrogens with one attached hydrogen (secondary N) is 4. The third-order valence-corrected chi connectivity index (χ3v) is 4.00. The Balaban J connectivity index is 2.89. The summed E-state index contributed by atoms with van der Waals surface area (Å²) in [4.78, 5) is 25.5. The number of urea groups is 1. The van der Waals surface area contributed by atoms with Crippen molar-refractivity contribution < 1.29 is 14.8 Å². The second-order valence-corrected chi connectivity index (χ2v) is 5.95. The minimum Gasteiger partial charge on any atom is -0.382 e. The summed E-state index contributed by atoms with van der Waals surface area (Å²) in [5, 5.41) is 17.5. The maximum atomic E-state index is 12.0. The molecular weight excluding hydrogens is 346 g/mol. The Hall–Kier alpha value is -2.58. The average Bonchev–Trinajstić information content (AvgIpc) is 2.68. The Morgan fingerprint density at radius 2 is 1.85 bits per heavy atom. The third-order valence-electron chi connectivity index (χ3n) is 4.00. The first kappa shape index (κ1) is 22.5. The van der Waals surface area contributed by atoms with E-state index < -0.39 is 5.91 Å². The molecule has 0 aliphatic rings. The fourth-order valence-electron chi connectivity index (χ4n) is 2.43. The summed E-state index contributed by atoms with van der Waals surface area (Å²) in [6.45, 7) is 10.4. The van der Waals surface area contributed by atoms with E-state index in [1.807, 2.05) is 19.1 Å². The highest BCUT2D eigenvalue weighted by atomic mass is 16.5. The van der Waals surface area contributed by atoms with Crippen LogP contribution in [0.4, 0.5) is 16.2 Å². The molecule has 8 heteroatoms. The first-order valence-corrected chi connectivity index (χ1v) is 9.31. The largest absolute Gasteiger partial charge is 0.382 e. The van der Waals surface area contributed by atoms with Crippen molar-refractivity contribution in [1.82, 2.24) is 15.7 Å². The van der Waals surface area contributed by atoms with Crippen LogP contribution in [0.3, 0.4) is 0 Å². The first-order valence-electron chi connectivity index (χ1n) is 9.31. The number of rotatable bonds is 11. The molecule has 0 saturated heterocycles. The van der Waals surface area contributed by atoms with E-state index in [1.54, 1.807) is 17.6 Å². The van der Waals surface area contributed by atoms with E-state index in [4.69, 9.17) is 5.21 Å². The Morgan fingerprint density at radius 3 is 2.48 bits per heavy atom. The fraction of sp³-hybridized carbons (Fsp3) is 0.474. The monoisotopic (exact) mass is 377 g/mol. The van der Waals surface area contributed by atoms with E-state index in [0.717, 1.165) is 43.9 Å². The predicted octanol–water partition coefficient (Wildman–Crippen LogP) is 2.49. The highest BCUT2D eigenvalue weighted by molar-refractivity contribution is 5.94. The second-order valence-electron chi connectivity index (χ2n) is 5.95. The van der Waals surface area contributed by atoms with Crippen molar-refractivity contribution in [2.24, 2.45) is 0 Å². The lowest BCUT2D eigenvalue weighted by atomic mass is 10.1. The number of carbonyl (C=O) groups excluding carboxylic acids is 2. The molecule has 8 nitrogen and oxygen atoms in total. The zero-order valence-corrected chi connectivity index (χ0v) is 16.3. The van der Waals surface area contributed by atoms with Crippen LogP contribution in [0, 0.1) is 0 Å². The van der Waals surface area contributed by atoms with Crippen LogP contribution in [-0.4, -0.2) is 54.8 Å². The number of likely N-dealkylation sites (N-methyl/N-ethyl adjacent to an activating group) is 1. The third kappa shape index (κ3) is 8.57. The van der Waals surface area contributed by atoms with Crippen LogP contribution in [-0.2, 0) is 4.79 Å². The van der Waals surface area contributed by atoms with Gasteiger partial charge in [0.1, 0.15) is 0 Å². The van der Waals surface area contributed by atoms with Crippen molar-refractivity contribution >= 4 is 29.4 Å². The number of anilines is 2. The molecule has 0 bridgehead atoms. The van der Waals surface area contributed by atoms with Crippen molar-refractivity contribution in [3.8, 4) is 0 Å². The number of carbonyl (C=O) groups is 2. The molecule has 0 aliphatic heterocycles. The average molecular weight is 377 g/mol. The zero-order chi connectivity index (χ0) is 20.1. The molecule has 0 heterocycles. The summed E-state index contributed by atoms with van der Waals surface area (Å²) in [5.74, 6) is -0.619. The minimum atomic E-state index is -0.619. The lowest BCUT2D eigenvalue weighted by Gasteiger charge is -2.20. The topological polar surface area (TPSA) is 106 Å². The summed E-state index contributed by atoms with van der Waals surface area (Å²) in [6.07, 6.45) is 3.62. The van der Waals surface area contributed by atoms with Gasteiger partial charge in [0.25, 0.3) is 5.91 Å². The number of nitrogens with zero attached hydrogens (tertiary/aromatic N) is 1. The Labute approximate surface area is 161 Å². The predicted molar refractivity (Wildman–Crippen MR) is 109 cm³/mol. The van der Waals surface area contributed by atoms with Gasteiger partial charge in [-0.1, -0.05) is 26.8 Å². The van der Waals surface area contributed by atoms with Crippen molar-refractivity contribution in [2.45, 2.75) is 27.2 Å². The summed E-state index contributed by atoms with van der Waals surface area (Å²) in [7, 11) is 0. The van der Waals surface area contributed by atoms with Crippen LogP contribution >= 0.6 is 0 Å². The van der Waals surface area contributed by atoms with Gasteiger partial charge in [-0.3, -0.25) is 10.0 Å². The van der Waals surface area contributed by atoms with Crippen LogP contribution in [0.5, 0.6) is 0 Å². The molecule has 1 rings (SSSR count). The van der Waals surface area contributed by atoms with Gasteiger partial charge in [0.15, 0.2) is 0 Å². The van der Waals surface area contributed by atoms with Crippen molar-refractivity contribution in [2.75, 3.05) is 43.4 Å². The van der Waals surface area contributed by atoms with Crippen molar-refractivity contribution in [1.29, 1.82) is 0 Å². The van der Waals surface area contributed by atoms with Crippen LogP contribution in [0.1, 0.15) is 32.8 Å². The second kappa shape index (κ2) is 12.7. The van der Waals surface area contributed by atoms with Crippen molar-refractivity contribution in [3.63, 3.8) is 0 Å². The van der Waals surface area contributed by atoms with Gasteiger partial charge >= 0.3 is 6.03 Å². The maximum Gasteiger partial charge on any atom is 0.319 e. The lowest BCUT2D eigenvalue weighted by molar-refractivity contribution is -0.124. The van der Waals surface area contributed by atoms with Crippen molar-refractivity contribution in [3.05, 3.63) is 29.8 Å².